The minimum absolute atomic E-state index is 0. The molecule has 0 heterocycles. The average molecular weight is 495 g/mol. The third-order valence-electron chi connectivity index (χ3n) is 3.93. The van der Waals surface area contributed by atoms with Crippen LogP contribution in [-0.2, 0) is 30.6 Å². The van der Waals surface area contributed by atoms with Crippen LogP contribution in [0.5, 0.6) is 0 Å². The SMILES string of the molecule is [CH2-][C@H]1CCCCC1C[CH-]C[C@H](NC(=O)OC(C)(C)C)C(=O)O.[W+2]. The van der Waals surface area contributed by atoms with E-state index in [1.807, 2.05) is 6.42 Å². The molecule has 0 aromatic rings. The Morgan fingerprint density at radius 3 is 2.48 bits per heavy atom. The van der Waals surface area contributed by atoms with Crippen LogP contribution in [0.2, 0.25) is 0 Å². The second-order valence-electron chi connectivity index (χ2n) is 7.10. The molecule has 23 heavy (non-hydrogen) atoms. The summed E-state index contributed by atoms with van der Waals surface area (Å²) >= 11 is 0. The smallest absolute Gasteiger partial charge is 0.480 e. The molecular formula is C17H29NO4W. The van der Waals surface area contributed by atoms with Crippen LogP contribution in [0.25, 0.3) is 0 Å². The number of hydrogen-bond acceptors (Lipinski definition) is 3. The molecule has 1 rings (SSSR count). The molecule has 1 saturated carbocycles. The molecule has 0 spiro atoms. The van der Waals surface area contributed by atoms with Crippen molar-refractivity contribution in [3.05, 3.63) is 13.3 Å². The maximum Gasteiger partial charge on any atom is 2.00 e. The van der Waals surface area contributed by atoms with Gasteiger partial charge in [-0.1, -0.05) is 31.6 Å². The van der Waals surface area contributed by atoms with Crippen molar-refractivity contribution in [1.82, 2.24) is 5.32 Å². The molecule has 1 aliphatic rings. The summed E-state index contributed by atoms with van der Waals surface area (Å²) in [7, 11) is 0. The molecule has 0 aliphatic heterocycles. The van der Waals surface area contributed by atoms with Crippen molar-refractivity contribution in [3.8, 4) is 0 Å². The van der Waals surface area contributed by atoms with Gasteiger partial charge in [0.05, 0.1) is 0 Å². The Morgan fingerprint density at radius 1 is 1.35 bits per heavy atom. The van der Waals surface area contributed by atoms with E-state index in [-0.39, 0.29) is 21.1 Å². The van der Waals surface area contributed by atoms with Crippen LogP contribution in [0, 0.1) is 25.2 Å². The molecule has 132 valence electrons. The number of alkyl carbamates (subject to hydrolysis) is 1. The Morgan fingerprint density at radius 2 is 1.96 bits per heavy atom. The molecule has 0 radical (unpaired) electrons. The van der Waals surface area contributed by atoms with Crippen molar-refractivity contribution in [2.45, 2.75) is 70.9 Å². The van der Waals surface area contributed by atoms with Gasteiger partial charge < -0.3 is 28.5 Å². The minimum Gasteiger partial charge on any atom is -0.480 e. The number of carboxylic acid groups (broad SMARTS) is 1. The Balaban J connectivity index is 0.00000484. The summed E-state index contributed by atoms with van der Waals surface area (Å²) in [5.41, 5.74) is -0.639. The van der Waals surface area contributed by atoms with Crippen molar-refractivity contribution in [2.24, 2.45) is 11.8 Å². The van der Waals surface area contributed by atoms with E-state index < -0.39 is 23.7 Å². The Hall–Kier alpha value is -0.572. The summed E-state index contributed by atoms with van der Waals surface area (Å²) in [6.07, 6.45) is 7.20. The van der Waals surface area contributed by atoms with Crippen molar-refractivity contribution < 1.29 is 40.5 Å². The summed E-state index contributed by atoms with van der Waals surface area (Å²) in [5, 5.41) is 11.6. The molecule has 6 heteroatoms. The van der Waals surface area contributed by atoms with Gasteiger partial charge in [0.15, 0.2) is 0 Å². The average Bonchev–Trinajstić information content (AvgIpc) is 2.37. The van der Waals surface area contributed by atoms with Gasteiger partial charge in [-0.15, -0.1) is 6.42 Å². The van der Waals surface area contributed by atoms with Crippen LogP contribution >= 0.6 is 0 Å². The fourth-order valence-electron chi connectivity index (χ4n) is 2.74. The molecule has 0 bridgehead atoms. The third kappa shape index (κ3) is 9.34. The molecule has 0 saturated heterocycles. The Bertz CT molecular complexity index is 381. The Labute approximate surface area is 154 Å². The molecule has 1 amide bonds. The van der Waals surface area contributed by atoms with Gasteiger partial charge in [0.2, 0.25) is 0 Å². The van der Waals surface area contributed by atoms with Crippen molar-refractivity contribution in [1.29, 1.82) is 0 Å². The zero-order valence-corrected chi connectivity index (χ0v) is 17.3. The molecule has 1 unspecified atom stereocenters. The predicted molar refractivity (Wildman–Crippen MR) is 85.1 cm³/mol. The van der Waals surface area contributed by atoms with Gasteiger partial charge in [-0.05, 0) is 20.8 Å². The van der Waals surface area contributed by atoms with E-state index in [9.17, 15) is 14.7 Å². The van der Waals surface area contributed by atoms with Crippen LogP contribution in [0.1, 0.15) is 59.3 Å². The fourth-order valence-corrected chi connectivity index (χ4v) is 2.74. The summed E-state index contributed by atoms with van der Waals surface area (Å²) < 4.78 is 5.09. The van der Waals surface area contributed by atoms with E-state index >= 15 is 0 Å². The fraction of sp³-hybridized carbons (Fsp3) is 0.765. The monoisotopic (exact) mass is 495 g/mol. The summed E-state index contributed by atoms with van der Waals surface area (Å²) in [6, 6.07) is -0.943. The first-order valence-electron chi connectivity index (χ1n) is 8.06. The largest absolute Gasteiger partial charge is 2.00 e. The molecule has 2 N–H and O–H groups in total. The van der Waals surface area contributed by atoms with E-state index in [0.29, 0.717) is 18.3 Å². The number of carbonyl (C=O) groups is 2. The topological polar surface area (TPSA) is 75.6 Å². The minimum atomic E-state index is -1.04. The van der Waals surface area contributed by atoms with Crippen LogP contribution in [0.4, 0.5) is 4.79 Å². The van der Waals surface area contributed by atoms with E-state index in [1.165, 1.54) is 12.8 Å². The van der Waals surface area contributed by atoms with Crippen LogP contribution < -0.4 is 5.32 Å². The summed E-state index contributed by atoms with van der Waals surface area (Å²) in [4.78, 5) is 22.9. The number of rotatable bonds is 6. The molecule has 1 fully saturated rings. The standard InChI is InChI=1S/C17H29NO4.W/c1-12-8-5-6-9-13(12)10-7-11-14(15(19)20)18-16(21)22-17(2,3)4;/h7,12-14H,1,5-6,8-11H2,2-4H3,(H,18,21)(H,19,20);/q-2;+2/t12-,13?,14-;/m0./s1. The molecule has 1 aliphatic carbocycles. The van der Waals surface area contributed by atoms with Crippen LogP contribution in [-0.4, -0.2) is 28.8 Å². The van der Waals surface area contributed by atoms with Gasteiger partial charge in [-0.2, -0.15) is 12.3 Å². The van der Waals surface area contributed by atoms with Gasteiger partial charge >= 0.3 is 33.1 Å². The molecular weight excluding hydrogens is 466 g/mol. The maximum atomic E-state index is 11.7. The summed E-state index contributed by atoms with van der Waals surface area (Å²) in [5.74, 6) is -0.0614. The molecule has 5 nitrogen and oxygen atoms in total. The summed E-state index contributed by atoms with van der Waals surface area (Å²) in [6.45, 7) is 9.40. The van der Waals surface area contributed by atoms with Gasteiger partial charge in [0, 0.05) is 0 Å². The number of carbonyl (C=O) groups excluding carboxylic acids is 1. The number of nitrogens with one attached hydrogen (secondary N) is 1. The second-order valence-corrected chi connectivity index (χ2v) is 7.10. The molecule has 0 aromatic heterocycles. The van der Waals surface area contributed by atoms with Crippen molar-refractivity contribution in [3.63, 3.8) is 0 Å². The van der Waals surface area contributed by atoms with Crippen LogP contribution in [0.3, 0.4) is 0 Å². The van der Waals surface area contributed by atoms with Gasteiger partial charge in [-0.3, -0.25) is 4.79 Å². The first-order valence-corrected chi connectivity index (χ1v) is 8.06. The van der Waals surface area contributed by atoms with Crippen molar-refractivity contribution >= 4 is 12.1 Å². The van der Waals surface area contributed by atoms with Crippen molar-refractivity contribution in [2.75, 3.05) is 0 Å². The van der Waals surface area contributed by atoms with Gasteiger partial charge in [0.1, 0.15) is 11.6 Å². The number of ether oxygens (including phenoxy) is 1. The third-order valence-corrected chi connectivity index (χ3v) is 3.93. The van der Waals surface area contributed by atoms with E-state index in [0.717, 1.165) is 19.3 Å². The van der Waals surface area contributed by atoms with Gasteiger partial charge in [-0.25, -0.2) is 4.79 Å². The number of amides is 1. The van der Waals surface area contributed by atoms with Gasteiger partial charge in [0.25, 0.3) is 0 Å². The molecule has 0 aromatic carbocycles. The maximum absolute atomic E-state index is 11.7. The quantitative estimate of drug-likeness (QED) is 0.553. The van der Waals surface area contributed by atoms with E-state index in [1.54, 1.807) is 20.8 Å². The number of hydrogen-bond donors (Lipinski definition) is 2. The van der Waals surface area contributed by atoms with E-state index in [2.05, 4.69) is 12.2 Å². The zero-order valence-electron chi connectivity index (χ0n) is 14.3. The molecule has 3 atom stereocenters. The number of aliphatic carboxylic acids is 1. The first-order chi connectivity index (χ1) is 10.2. The number of carboxylic acids is 1. The van der Waals surface area contributed by atoms with E-state index in [4.69, 9.17) is 4.74 Å². The first kappa shape index (κ1) is 22.4. The second kappa shape index (κ2) is 10.3. The normalized spacial score (nSPS) is 22.6. The predicted octanol–water partition coefficient (Wildman–Crippen LogP) is 3.59. The van der Waals surface area contributed by atoms with Crippen LogP contribution in [0.15, 0.2) is 0 Å². The zero-order chi connectivity index (χ0) is 16.8. The Kier molecular flexibility index (Phi) is 10.1.